The Balaban J connectivity index is 1.70. The van der Waals surface area contributed by atoms with Gasteiger partial charge in [-0.1, -0.05) is 44.9 Å². The molecule has 0 spiro atoms. The third-order valence-corrected chi connectivity index (χ3v) is 8.71. The second kappa shape index (κ2) is 8.77. The lowest BCUT2D eigenvalue weighted by Crippen LogP contribution is -2.33. The van der Waals surface area contributed by atoms with Gasteiger partial charge in [-0.15, -0.1) is 0 Å². The maximum atomic E-state index is 6.67. The van der Waals surface area contributed by atoms with E-state index in [0.29, 0.717) is 17.8 Å². The summed E-state index contributed by atoms with van der Waals surface area (Å²) in [5.74, 6) is 2.80. The van der Waals surface area contributed by atoms with E-state index in [0.717, 1.165) is 18.6 Å². The molecule has 4 rings (SSSR count). The fourth-order valence-electron chi connectivity index (χ4n) is 5.25. The zero-order valence-corrected chi connectivity index (χ0v) is 20.5. The molecule has 1 aromatic rings. The van der Waals surface area contributed by atoms with Crippen molar-refractivity contribution in [2.45, 2.75) is 86.4 Å². The number of allylic oxidation sites excluding steroid dienone is 2. The molecular formula is C26H37O3P. The van der Waals surface area contributed by atoms with Gasteiger partial charge in [0.05, 0.1) is 12.2 Å². The molecule has 1 aliphatic heterocycles. The van der Waals surface area contributed by atoms with Crippen molar-refractivity contribution >= 4 is 14.2 Å². The minimum atomic E-state index is -1.44. The molecule has 0 bridgehead atoms. The Labute approximate surface area is 183 Å². The number of rotatable bonds is 3. The van der Waals surface area contributed by atoms with Crippen LogP contribution < -0.4 is 4.52 Å². The number of fused-ring (bicyclic) bond motifs is 3. The normalized spacial score (nSPS) is 31.6. The molecule has 2 aliphatic carbocycles. The molecule has 1 fully saturated rings. The van der Waals surface area contributed by atoms with E-state index >= 15 is 0 Å². The minimum Gasteiger partial charge on any atom is -0.426 e. The predicted molar refractivity (Wildman–Crippen MR) is 126 cm³/mol. The van der Waals surface area contributed by atoms with Crippen LogP contribution in [0.4, 0.5) is 0 Å². The Kier molecular flexibility index (Phi) is 6.45. The zero-order chi connectivity index (χ0) is 21.6. The molecule has 0 radical (unpaired) electrons. The Bertz CT molecular complexity index is 869. The van der Waals surface area contributed by atoms with Gasteiger partial charge in [-0.3, -0.25) is 9.05 Å². The standard InChI is InChI=1S/C26H37O3P/c1-15(2)21-11-8-16(3)14-24(21)29-30-27-22-12-9-17(4)19(6)25(22)26-20(7)18(5)10-13-23(26)28-30/h9-10,12,15-16,21,23-24H,8,11,13-14H2,1-7H3/t16-,21+,23?,24-,30?/m1/s1. The summed E-state index contributed by atoms with van der Waals surface area (Å²) >= 11 is 0. The minimum absolute atomic E-state index is 0.0000696. The Morgan fingerprint density at radius 2 is 1.87 bits per heavy atom. The van der Waals surface area contributed by atoms with E-state index in [2.05, 4.69) is 66.7 Å². The van der Waals surface area contributed by atoms with Crippen LogP contribution in [-0.4, -0.2) is 12.2 Å². The van der Waals surface area contributed by atoms with Gasteiger partial charge >= 0.3 is 8.60 Å². The van der Waals surface area contributed by atoms with Crippen molar-refractivity contribution in [3.05, 3.63) is 46.0 Å². The van der Waals surface area contributed by atoms with Crippen LogP contribution in [0.5, 0.6) is 5.75 Å². The molecule has 1 heterocycles. The van der Waals surface area contributed by atoms with Crippen molar-refractivity contribution < 1.29 is 13.6 Å². The molecule has 4 heteroatoms. The first-order chi connectivity index (χ1) is 14.3. The fraction of sp³-hybridized carbons (Fsp3) is 0.615. The van der Waals surface area contributed by atoms with Crippen LogP contribution >= 0.6 is 8.60 Å². The second-order valence-corrected chi connectivity index (χ2v) is 11.0. The summed E-state index contributed by atoms with van der Waals surface area (Å²) in [6, 6.07) is 4.27. The Morgan fingerprint density at radius 3 is 2.60 bits per heavy atom. The topological polar surface area (TPSA) is 27.7 Å². The lowest BCUT2D eigenvalue weighted by molar-refractivity contribution is 0.0295. The van der Waals surface area contributed by atoms with Crippen molar-refractivity contribution in [3.63, 3.8) is 0 Å². The van der Waals surface area contributed by atoms with Crippen LogP contribution in [0.15, 0.2) is 29.4 Å². The first-order valence-electron chi connectivity index (χ1n) is 11.6. The third kappa shape index (κ3) is 4.14. The van der Waals surface area contributed by atoms with Gasteiger partial charge in [-0.05, 0) is 93.1 Å². The Morgan fingerprint density at radius 1 is 1.10 bits per heavy atom. The summed E-state index contributed by atoms with van der Waals surface area (Å²) in [6.07, 6.45) is 7.01. The highest BCUT2D eigenvalue weighted by atomic mass is 31.2. The molecule has 1 aromatic carbocycles. The smallest absolute Gasteiger partial charge is 0.398 e. The van der Waals surface area contributed by atoms with Crippen LogP contribution in [-0.2, 0) is 9.05 Å². The number of benzene rings is 1. The maximum Gasteiger partial charge on any atom is 0.398 e. The molecule has 3 nitrogen and oxygen atoms in total. The van der Waals surface area contributed by atoms with E-state index in [1.54, 1.807) is 0 Å². The van der Waals surface area contributed by atoms with Gasteiger partial charge in [0, 0.05) is 5.56 Å². The van der Waals surface area contributed by atoms with Gasteiger partial charge in [-0.25, -0.2) is 0 Å². The molecule has 2 unspecified atom stereocenters. The summed E-state index contributed by atoms with van der Waals surface area (Å²) in [7, 11) is -1.44. The number of aryl methyl sites for hydroxylation is 1. The van der Waals surface area contributed by atoms with Gasteiger partial charge in [0.2, 0.25) is 0 Å². The molecule has 5 atom stereocenters. The first kappa shape index (κ1) is 22.1. The highest BCUT2D eigenvalue weighted by molar-refractivity contribution is 7.42. The van der Waals surface area contributed by atoms with Gasteiger partial charge in [0.1, 0.15) is 5.75 Å². The molecule has 0 aromatic heterocycles. The molecule has 1 saturated carbocycles. The average Bonchev–Trinajstić information content (AvgIpc) is 2.84. The number of hydrogen-bond donors (Lipinski definition) is 0. The van der Waals surface area contributed by atoms with Gasteiger partial charge < -0.3 is 4.52 Å². The lowest BCUT2D eigenvalue weighted by atomic mass is 9.75. The monoisotopic (exact) mass is 428 g/mol. The third-order valence-electron chi connectivity index (χ3n) is 7.49. The van der Waals surface area contributed by atoms with Gasteiger partial charge in [-0.2, -0.15) is 0 Å². The van der Waals surface area contributed by atoms with Crippen LogP contribution in [0.3, 0.4) is 0 Å². The van der Waals surface area contributed by atoms with Gasteiger partial charge in [0.25, 0.3) is 0 Å². The Hall–Kier alpha value is -1.15. The highest BCUT2D eigenvalue weighted by Crippen LogP contribution is 2.55. The van der Waals surface area contributed by atoms with E-state index in [9.17, 15) is 0 Å². The van der Waals surface area contributed by atoms with Gasteiger partial charge in [0.15, 0.2) is 0 Å². The summed E-state index contributed by atoms with van der Waals surface area (Å²) in [5, 5.41) is 0. The average molecular weight is 429 g/mol. The lowest BCUT2D eigenvalue weighted by Gasteiger charge is -2.38. The zero-order valence-electron chi connectivity index (χ0n) is 19.6. The molecule has 164 valence electrons. The maximum absolute atomic E-state index is 6.67. The summed E-state index contributed by atoms with van der Waals surface area (Å²) in [5.41, 5.74) is 7.73. The van der Waals surface area contributed by atoms with Crippen molar-refractivity contribution in [1.82, 2.24) is 0 Å². The van der Waals surface area contributed by atoms with E-state index in [1.807, 2.05) is 0 Å². The predicted octanol–water partition coefficient (Wildman–Crippen LogP) is 7.91. The summed E-state index contributed by atoms with van der Waals surface area (Å²) in [6.45, 7) is 15.8. The van der Waals surface area contributed by atoms with Crippen LogP contribution in [0.25, 0.3) is 5.57 Å². The molecule has 30 heavy (non-hydrogen) atoms. The van der Waals surface area contributed by atoms with E-state index in [1.165, 1.54) is 46.3 Å². The number of hydrogen-bond acceptors (Lipinski definition) is 3. The van der Waals surface area contributed by atoms with E-state index in [4.69, 9.17) is 13.6 Å². The van der Waals surface area contributed by atoms with E-state index < -0.39 is 8.60 Å². The first-order valence-corrected chi connectivity index (χ1v) is 12.7. The molecular weight excluding hydrogens is 391 g/mol. The fourth-order valence-corrected chi connectivity index (χ4v) is 6.56. The molecule has 0 saturated heterocycles. The second-order valence-electron chi connectivity index (χ2n) is 9.92. The van der Waals surface area contributed by atoms with Crippen molar-refractivity contribution in [3.8, 4) is 5.75 Å². The quantitative estimate of drug-likeness (QED) is 0.458. The van der Waals surface area contributed by atoms with Crippen molar-refractivity contribution in [2.75, 3.05) is 0 Å². The van der Waals surface area contributed by atoms with Crippen molar-refractivity contribution in [2.24, 2.45) is 17.8 Å². The molecule has 3 aliphatic rings. The largest absolute Gasteiger partial charge is 0.426 e. The van der Waals surface area contributed by atoms with Crippen molar-refractivity contribution in [1.29, 1.82) is 0 Å². The van der Waals surface area contributed by atoms with E-state index in [-0.39, 0.29) is 12.2 Å². The van der Waals surface area contributed by atoms with Crippen LogP contribution in [0, 0.1) is 31.6 Å². The summed E-state index contributed by atoms with van der Waals surface area (Å²) in [4.78, 5) is 0. The molecule has 0 amide bonds. The van der Waals surface area contributed by atoms with Crippen LogP contribution in [0.1, 0.15) is 77.0 Å². The molecule has 0 N–H and O–H groups in total. The highest BCUT2D eigenvalue weighted by Gasteiger charge is 2.39. The SMILES string of the molecule is CC1=CCC2OP(O[C@@H]3C[C@H](C)CC[C@H]3C(C)C)Oc3ccc(C)c(C)c3C2=C1C. The van der Waals surface area contributed by atoms with Crippen LogP contribution in [0.2, 0.25) is 0 Å². The summed E-state index contributed by atoms with van der Waals surface area (Å²) < 4.78 is 19.8.